The minimum atomic E-state index is -0.400. The van der Waals surface area contributed by atoms with Gasteiger partial charge in [-0.05, 0) is 53.9 Å². The van der Waals surface area contributed by atoms with Crippen LogP contribution in [0, 0.1) is 0 Å². The molecule has 0 radical (unpaired) electrons. The quantitative estimate of drug-likeness (QED) is 0.209. The lowest BCUT2D eigenvalue weighted by molar-refractivity contribution is 0.0500. The minimum absolute atomic E-state index is 0.318. The van der Waals surface area contributed by atoms with E-state index in [9.17, 15) is 9.59 Å². The van der Waals surface area contributed by atoms with Crippen LogP contribution in [0.1, 0.15) is 35.7 Å². The Morgan fingerprint density at radius 2 is 1.82 bits per heavy atom. The summed E-state index contributed by atoms with van der Waals surface area (Å²) in [6, 6.07) is 22.5. The summed E-state index contributed by atoms with van der Waals surface area (Å²) in [6.07, 6.45) is 1.83. The number of unbranched alkanes of at least 4 members (excludes halogenated alkanes) is 1. The molecule has 3 aromatic carbocycles. The van der Waals surface area contributed by atoms with Crippen LogP contribution in [0.15, 0.2) is 82.0 Å². The summed E-state index contributed by atoms with van der Waals surface area (Å²) in [5.41, 5.74) is 4.15. The molecule has 0 amide bonds. The standard InChI is InChI=1S/C28H25NO5/c1-2-3-15-32-28(31)20-9-11-21(12-10-20)29-17-24-25(33-18-29)14-13-22-23(16-26(30)34-27(22)24)19-7-5-4-6-8-19/h4-14,16H,2-3,15,17-18H2,1H3. The molecule has 34 heavy (non-hydrogen) atoms. The van der Waals surface area contributed by atoms with Gasteiger partial charge in [-0.25, -0.2) is 9.59 Å². The lowest BCUT2D eigenvalue weighted by Crippen LogP contribution is -2.32. The van der Waals surface area contributed by atoms with Crippen molar-refractivity contribution < 1.29 is 18.7 Å². The van der Waals surface area contributed by atoms with E-state index in [1.54, 1.807) is 12.1 Å². The first kappa shape index (κ1) is 21.8. The fraction of sp³-hybridized carbons (Fsp3) is 0.214. The van der Waals surface area contributed by atoms with E-state index in [1.165, 1.54) is 6.07 Å². The summed E-state index contributed by atoms with van der Waals surface area (Å²) < 4.78 is 17.0. The summed E-state index contributed by atoms with van der Waals surface area (Å²) in [5, 5.41) is 0.861. The van der Waals surface area contributed by atoms with Crippen molar-refractivity contribution in [3.05, 3.63) is 94.3 Å². The van der Waals surface area contributed by atoms with Gasteiger partial charge in [0.25, 0.3) is 0 Å². The van der Waals surface area contributed by atoms with Crippen LogP contribution in [0.2, 0.25) is 0 Å². The van der Waals surface area contributed by atoms with Gasteiger partial charge in [-0.1, -0.05) is 43.7 Å². The maximum Gasteiger partial charge on any atom is 0.338 e. The van der Waals surface area contributed by atoms with Crippen molar-refractivity contribution in [2.24, 2.45) is 0 Å². The molecule has 6 heteroatoms. The van der Waals surface area contributed by atoms with Crippen molar-refractivity contribution in [1.29, 1.82) is 0 Å². The van der Waals surface area contributed by atoms with E-state index in [2.05, 4.69) is 6.92 Å². The first-order valence-electron chi connectivity index (χ1n) is 11.4. The molecule has 0 atom stereocenters. The van der Waals surface area contributed by atoms with Crippen LogP contribution >= 0.6 is 0 Å². The molecule has 172 valence electrons. The smallest absolute Gasteiger partial charge is 0.338 e. The van der Waals surface area contributed by atoms with E-state index >= 15 is 0 Å². The molecule has 0 aliphatic carbocycles. The van der Waals surface area contributed by atoms with Gasteiger partial charge in [-0.3, -0.25) is 0 Å². The number of nitrogens with zero attached hydrogens (tertiary/aromatic N) is 1. The van der Waals surface area contributed by atoms with Gasteiger partial charge < -0.3 is 18.8 Å². The number of carbonyl (C=O) groups is 1. The highest BCUT2D eigenvalue weighted by Gasteiger charge is 2.23. The lowest BCUT2D eigenvalue weighted by Gasteiger charge is -2.31. The van der Waals surface area contributed by atoms with Gasteiger partial charge in [0.1, 0.15) is 11.3 Å². The lowest BCUT2D eigenvalue weighted by atomic mass is 9.99. The van der Waals surface area contributed by atoms with E-state index in [4.69, 9.17) is 13.9 Å². The van der Waals surface area contributed by atoms with Gasteiger partial charge in [-0.15, -0.1) is 0 Å². The van der Waals surface area contributed by atoms with Crippen LogP contribution in [-0.2, 0) is 11.3 Å². The van der Waals surface area contributed by atoms with E-state index in [1.807, 2.05) is 59.5 Å². The second kappa shape index (κ2) is 9.43. The Morgan fingerprint density at radius 1 is 1.03 bits per heavy atom. The number of ether oxygens (including phenoxy) is 2. The Labute approximate surface area is 197 Å². The molecule has 0 N–H and O–H groups in total. The average Bonchev–Trinajstić information content (AvgIpc) is 2.88. The Hall–Kier alpha value is -4.06. The summed E-state index contributed by atoms with van der Waals surface area (Å²) in [7, 11) is 0. The number of esters is 1. The summed E-state index contributed by atoms with van der Waals surface area (Å²) in [4.78, 5) is 26.7. The maximum atomic E-state index is 12.4. The monoisotopic (exact) mass is 455 g/mol. The first-order chi connectivity index (χ1) is 16.6. The molecule has 0 saturated heterocycles. The molecule has 0 spiro atoms. The molecule has 0 unspecified atom stereocenters. The minimum Gasteiger partial charge on any atom is -0.473 e. The average molecular weight is 456 g/mol. The molecule has 1 aromatic heterocycles. The predicted octanol–water partition coefficient (Wildman–Crippen LogP) is 5.77. The van der Waals surface area contributed by atoms with Gasteiger partial charge in [0.15, 0.2) is 6.73 Å². The van der Waals surface area contributed by atoms with Crippen molar-refractivity contribution in [2.45, 2.75) is 26.3 Å². The van der Waals surface area contributed by atoms with Crippen molar-refractivity contribution >= 4 is 22.6 Å². The van der Waals surface area contributed by atoms with Crippen molar-refractivity contribution in [3.8, 4) is 16.9 Å². The first-order valence-corrected chi connectivity index (χ1v) is 11.4. The Kier molecular flexibility index (Phi) is 6.04. The van der Waals surface area contributed by atoms with Gasteiger partial charge in [0, 0.05) is 17.1 Å². The van der Waals surface area contributed by atoms with E-state index < -0.39 is 5.63 Å². The molecule has 6 nitrogen and oxygen atoms in total. The molecule has 2 heterocycles. The number of benzene rings is 3. The zero-order valence-electron chi connectivity index (χ0n) is 19.0. The maximum absolute atomic E-state index is 12.4. The van der Waals surface area contributed by atoms with Crippen LogP contribution in [0.4, 0.5) is 5.69 Å². The molecular formula is C28H25NO5. The fourth-order valence-corrected chi connectivity index (χ4v) is 4.16. The van der Waals surface area contributed by atoms with E-state index in [0.29, 0.717) is 36.8 Å². The fourth-order valence-electron chi connectivity index (χ4n) is 4.16. The third kappa shape index (κ3) is 4.27. The Bertz CT molecular complexity index is 1380. The third-order valence-corrected chi connectivity index (χ3v) is 5.98. The van der Waals surface area contributed by atoms with Crippen molar-refractivity contribution in [1.82, 2.24) is 0 Å². The van der Waals surface area contributed by atoms with Crippen LogP contribution in [-0.4, -0.2) is 19.3 Å². The third-order valence-electron chi connectivity index (χ3n) is 5.98. The van der Waals surface area contributed by atoms with E-state index in [0.717, 1.165) is 40.6 Å². The SMILES string of the molecule is CCCCOC(=O)c1ccc(N2COc3ccc4c(-c5ccccc5)cc(=O)oc4c3C2)cc1. The highest BCUT2D eigenvalue weighted by atomic mass is 16.5. The van der Waals surface area contributed by atoms with Crippen LogP contribution in [0.5, 0.6) is 5.75 Å². The van der Waals surface area contributed by atoms with Gasteiger partial charge >= 0.3 is 11.6 Å². The Morgan fingerprint density at radius 3 is 2.59 bits per heavy atom. The van der Waals surface area contributed by atoms with Crippen LogP contribution in [0.25, 0.3) is 22.1 Å². The molecule has 1 aliphatic heterocycles. The van der Waals surface area contributed by atoms with Gasteiger partial charge in [0.2, 0.25) is 0 Å². The largest absolute Gasteiger partial charge is 0.473 e. The number of anilines is 1. The van der Waals surface area contributed by atoms with Gasteiger partial charge in [0.05, 0.1) is 24.3 Å². The van der Waals surface area contributed by atoms with Crippen molar-refractivity contribution in [3.63, 3.8) is 0 Å². The topological polar surface area (TPSA) is 69.0 Å². The molecule has 4 aromatic rings. The van der Waals surface area contributed by atoms with E-state index in [-0.39, 0.29) is 5.97 Å². The number of carbonyl (C=O) groups excluding carboxylic acids is 1. The van der Waals surface area contributed by atoms with Crippen LogP contribution in [0.3, 0.4) is 0 Å². The molecule has 0 saturated carbocycles. The second-order valence-corrected chi connectivity index (χ2v) is 8.27. The highest BCUT2D eigenvalue weighted by molar-refractivity contribution is 5.96. The summed E-state index contributed by atoms with van der Waals surface area (Å²) >= 11 is 0. The van der Waals surface area contributed by atoms with Gasteiger partial charge in [-0.2, -0.15) is 0 Å². The highest BCUT2D eigenvalue weighted by Crippen LogP contribution is 2.37. The number of hydrogen-bond donors (Lipinski definition) is 0. The number of hydrogen-bond acceptors (Lipinski definition) is 6. The summed E-state index contributed by atoms with van der Waals surface area (Å²) in [5.74, 6) is 0.384. The number of fused-ring (bicyclic) bond motifs is 3. The number of rotatable bonds is 6. The zero-order valence-corrected chi connectivity index (χ0v) is 19.0. The molecule has 0 fully saturated rings. The predicted molar refractivity (Wildman–Crippen MR) is 131 cm³/mol. The zero-order chi connectivity index (χ0) is 23.5. The van der Waals surface area contributed by atoms with Crippen LogP contribution < -0.4 is 15.3 Å². The molecule has 1 aliphatic rings. The molecule has 0 bridgehead atoms. The molecule has 5 rings (SSSR count). The van der Waals surface area contributed by atoms with Crippen molar-refractivity contribution in [2.75, 3.05) is 18.2 Å². The Balaban J connectivity index is 1.45. The summed E-state index contributed by atoms with van der Waals surface area (Å²) in [6.45, 7) is 3.34. The normalized spacial score (nSPS) is 12.8. The molecular weight excluding hydrogens is 430 g/mol. The second-order valence-electron chi connectivity index (χ2n) is 8.27.